The van der Waals surface area contributed by atoms with Crippen LogP contribution >= 0.6 is 11.6 Å². The fourth-order valence-electron chi connectivity index (χ4n) is 2.63. The lowest BCUT2D eigenvalue weighted by Crippen LogP contribution is -2.45. The van der Waals surface area contributed by atoms with Crippen molar-refractivity contribution in [3.63, 3.8) is 0 Å². The molecule has 0 saturated carbocycles. The predicted octanol–water partition coefficient (Wildman–Crippen LogP) is 2.45. The molecule has 0 aliphatic carbocycles. The lowest BCUT2D eigenvalue weighted by atomic mass is 9.87. The predicted molar refractivity (Wildman–Crippen MR) is 76.6 cm³/mol. The molecular formula is C15H18ClNO3. The molecule has 5 heteroatoms. The van der Waals surface area contributed by atoms with Crippen LogP contribution in [0.25, 0.3) is 0 Å². The van der Waals surface area contributed by atoms with Crippen molar-refractivity contribution in [2.24, 2.45) is 11.8 Å². The van der Waals surface area contributed by atoms with Gasteiger partial charge >= 0.3 is 5.97 Å². The molecule has 1 aromatic rings. The van der Waals surface area contributed by atoms with Crippen LogP contribution in [0.5, 0.6) is 0 Å². The number of amides is 1. The first-order chi connectivity index (χ1) is 9.47. The molecule has 20 heavy (non-hydrogen) atoms. The summed E-state index contributed by atoms with van der Waals surface area (Å²) < 4.78 is 0. The molecule has 2 unspecified atom stereocenters. The maximum atomic E-state index is 12.2. The smallest absolute Gasteiger partial charge is 0.306 e. The second-order valence-electron chi connectivity index (χ2n) is 5.35. The molecule has 2 atom stereocenters. The summed E-state index contributed by atoms with van der Waals surface area (Å²) in [6, 6.07) is 7.22. The Hall–Kier alpha value is -1.55. The highest BCUT2D eigenvalue weighted by molar-refractivity contribution is 6.30. The number of carbonyl (C=O) groups excluding carboxylic acids is 1. The third kappa shape index (κ3) is 3.51. The number of piperidine rings is 1. The molecule has 1 fully saturated rings. The number of benzene rings is 1. The van der Waals surface area contributed by atoms with Gasteiger partial charge < -0.3 is 10.0 Å². The summed E-state index contributed by atoms with van der Waals surface area (Å²) in [5.74, 6) is -1.06. The third-order valence-electron chi connectivity index (χ3n) is 3.84. The van der Waals surface area contributed by atoms with Gasteiger partial charge in [-0.2, -0.15) is 0 Å². The van der Waals surface area contributed by atoms with Crippen molar-refractivity contribution in [2.45, 2.75) is 19.8 Å². The molecule has 1 aromatic carbocycles. The summed E-state index contributed by atoms with van der Waals surface area (Å²) in [5.41, 5.74) is 0.924. The Morgan fingerprint density at radius 2 is 2.00 bits per heavy atom. The Kier molecular flexibility index (Phi) is 4.65. The Morgan fingerprint density at radius 1 is 1.35 bits per heavy atom. The van der Waals surface area contributed by atoms with E-state index in [1.54, 1.807) is 17.0 Å². The highest BCUT2D eigenvalue weighted by Gasteiger charge is 2.32. The number of aliphatic carboxylic acids is 1. The molecule has 1 saturated heterocycles. The van der Waals surface area contributed by atoms with Gasteiger partial charge in [-0.15, -0.1) is 0 Å². The van der Waals surface area contributed by atoms with Gasteiger partial charge in [0.2, 0.25) is 5.91 Å². The highest BCUT2D eigenvalue weighted by Crippen LogP contribution is 2.24. The first-order valence-electron chi connectivity index (χ1n) is 6.72. The number of halogens is 1. The molecule has 1 N–H and O–H groups in total. The number of likely N-dealkylation sites (tertiary alicyclic amines) is 1. The molecule has 1 aliphatic rings. The minimum Gasteiger partial charge on any atom is -0.481 e. The zero-order valence-electron chi connectivity index (χ0n) is 11.4. The first kappa shape index (κ1) is 14.9. The van der Waals surface area contributed by atoms with Gasteiger partial charge in [0.25, 0.3) is 0 Å². The molecule has 108 valence electrons. The Bertz CT molecular complexity index is 500. The molecule has 0 spiro atoms. The van der Waals surface area contributed by atoms with Crippen LogP contribution in [0.2, 0.25) is 5.02 Å². The third-order valence-corrected chi connectivity index (χ3v) is 4.10. The number of carboxylic acids is 1. The van der Waals surface area contributed by atoms with Crippen LogP contribution in [-0.2, 0) is 16.0 Å². The van der Waals surface area contributed by atoms with Gasteiger partial charge in [0.05, 0.1) is 12.3 Å². The quantitative estimate of drug-likeness (QED) is 0.932. The van der Waals surface area contributed by atoms with Gasteiger partial charge in [-0.25, -0.2) is 0 Å². The highest BCUT2D eigenvalue weighted by atomic mass is 35.5. The average Bonchev–Trinajstić information content (AvgIpc) is 2.40. The molecule has 1 heterocycles. The van der Waals surface area contributed by atoms with Crippen molar-refractivity contribution < 1.29 is 14.7 Å². The molecule has 4 nitrogen and oxygen atoms in total. The molecule has 0 bridgehead atoms. The second kappa shape index (κ2) is 6.27. The van der Waals surface area contributed by atoms with Crippen molar-refractivity contribution in [3.05, 3.63) is 34.9 Å². The summed E-state index contributed by atoms with van der Waals surface area (Å²) in [6.45, 7) is 2.93. The van der Waals surface area contributed by atoms with Gasteiger partial charge in [-0.1, -0.05) is 30.7 Å². The fraction of sp³-hybridized carbons (Fsp3) is 0.467. The number of carboxylic acid groups (broad SMARTS) is 1. The molecule has 1 aliphatic heterocycles. The lowest BCUT2D eigenvalue weighted by Gasteiger charge is -2.35. The minimum atomic E-state index is -0.762. The van der Waals surface area contributed by atoms with Gasteiger partial charge in [-0.3, -0.25) is 9.59 Å². The summed E-state index contributed by atoms with van der Waals surface area (Å²) in [5, 5.41) is 9.73. The summed E-state index contributed by atoms with van der Waals surface area (Å²) in [4.78, 5) is 25.0. The second-order valence-corrected chi connectivity index (χ2v) is 5.79. The zero-order valence-corrected chi connectivity index (χ0v) is 12.1. The molecule has 2 rings (SSSR count). The van der Waals surface area contributed by atoms with E-state index in [9.17, 15) is 9.59 Å². The van der Waals surface area contributed by atoms with Crippen LogP contribution < -0.4 is 0 Å². The Labute approximate surface area is 123 Å². The number of hydrogen-bond acceptors (Lipinski definition) is 2. The van der Waals surface area contributed by atoms with E-state index in [2.05, 4.69) is 0 Å². The summed E-state index contributed by atoms with van der Waals surface area (Å²) >= 11 is 5.81. The van der Waals surface area contributed by atoms with Crippen molar-refractivity contribution in [1.29, 1.82) is 0 Å². The average molecular weight is 296 g/mol. The Balaban J connectivity index is 1.94. The zero-order chi connectivity index (χ0) is 14.7. The van der Waals surface area contributed by atoms with Crippen LogP contribution in [0.3, 0.4) is 0 Å². The maximum Gasteiger partial charge on any atom is 0.306 e. The van der Waals surface area contributed by atoms with E-state index in [-0.39, 0.29) is 17.7 Å². The van der Waals surface area contributed by atoms with Gasteiger partial charge in [0.15, 0.2) is 0 Å². The normalized spacial score (nSPS) is 22.6. The summed E-state index contributed by atoms with van der Waals surface area (Å²) in [6.07, 6.45) is 0.866. The summed E-state index contributed by atoms with van der Waals surface area (Å²) in [7, 11) is 0. The van der Waals surface area contributed by atoms with Crippen molar-refractivity contribution in [3.8, 4) is 0 Å². The molecule has 0 aromatic heterocycles. The van der Waals surface area contributed by atoms with Crippen LogP contribution in [0, 0.1) is 11.8 Å². The number of carbonyl (C=O) groups is 2. The van der Waals surface area contributed by atoms with E-state index < -0.39 is 5.97 Å². The largest absolute Gasteiger partial charge is 0.481 e. The van der Waals surface area contributed by atoms with Crippen LogP contribution in [0.15, 0.2) is 24.3 Å². The van der Waals surface area contributed by atoms with E-state index in [1.165, 1.54) is 0 Å². The topological polar surface area (TPSA) is 57.6 Å². The maximum absolute atomic E-state index is 12.2. The minimum absolute atomic E-state index is 0.00424. The fourth-order valence-corrected chi connectivity index (χ4v) is 2.75. The SMILES string of the molecule is CC1CN(C(=O)Cc2ccc(Cl)cc2)CCC1C(=O)O. The van der Waals surface area contributed by atoms with E-state index >= 15 is 0 Å². The van der Waals surface area contributed by atoms with Crippen molar-refractivity contribution in [1.82, 2.24) is 4.90 Å². The van der Waals surface area contributed by atoms with E-state index in [0.29, 0.717) is 31.0 Å². The molecule has 1 amide bonds. The molecule has 0 radical (unpaired) electrons. The number of nitrogens with zero attached hydrogens (tertiary/aromatic N) is 1. The number of hydrogen-bond donors (Lipinski definition) is 1. The van der Waals surface area contributed by atoms with E-state index in [1.807, 2.05) is 19.1 Å². The van der Waals surface area contributed by atoms with Gasteiger partial charge in [-0.05, 0) is 30.0 Å². The van der Waals surface area contributed by atoms with Gasteiger partial charge in [0.1, 0.15) is 0 Å². The monoisotopic (exact) mass is 295 g/mol. The standard InChI is InChI=1S/C15H18ClNO3/c1-10-9-17(7-6-13(10)15(19)20)14(18)8-11-2-4-12(16)5-3-11/h2-5,10,13H,6-9H2,1H3,(H,19,20). The Morgan fingerprint density at radius 3 is 2.55 bits per heavy atom. The van der Waals surface area contributed by atoms with Crippen LogP contribution in [-0.4, -0.2) is 35.0 Å². The lowest BCUT2D eigenvalue weighted by molar-refractivity contribution is -0.148. The van der Waals surface area contributed by atoms with Gasteiger partial charge in [0, 0.05) is 18.1 Å². The van der Waals surface area contributed by atoms with Crippen molar-refractivity contribution >= 4 is 23.5 Å². The van der Waals surface area contributed by atoms with Crippen LogP contribution in [0.4, 0.5) is 0 Å². The van der Waals surface area contributed by atoms with E-state index in [4.69, 9.17) is 16.7 Å². The first-order valence-corrected chi connectivity index (χ1v) is 7.10. The molecular weight excluding hydrogens is 278 g/mol. The van der Waals surface area contributed by atoms with Crippen molar-refractivity contribution in [2.75, 3.05) is 13.1 Å². The van der Waals surface area contributed by atoms with E-state index in [0.717, 1.165) is 5.56 Å². The number of rotatable bonds is 3. The van der Waals surface area contributed by atoms with Crippen LogP contribution in [0.1, 0.15) is 18.9 Å².